The van der Waals surface area contributed by atoms with Gasteiger partial charge >= 0.3 is 0 Å². The van der Waals surface area contributed by atoms with Crippen LogP contribution in [0.4, 0.5) is 0 Å². The van der Waals surface area contributed by atoms with Crippen molar-refractivity contribution in [1.29, 1.82) is 0 Å². The first-order chi connectivity index (χ1) is 12.0. The van der Waals surface area contributed by atoms with E-state index < -0.39 is 0 Å². The fraction of sp³-hybridized carbons (Fsp3) is 0.619. The van der Waals surface area contributed by atoms with E-state index >= 15 is 0 Å². The molecule has 4 heteroatoms. The SMILES string of the molecule is CNC(=O)c1ccc(CN(C)C(=O)C2C3CC4CC(C3)CC2C4)cc1. The van der Waals surface area contributed by atoms with Gasteiger partial charge in [0.05, 0.1) is 0 Å². The van der Waals surface area contributed by atoms with Crippen LogP contribution in [0, 0.1) is 29.6 Å². The van der Waals surface area contributed by atoms with Crippen molar-refractivity contribution in [2.75, 3.05) is 14.1 Å². The third-order valence-electron chi connectivity index (χ3n) is 6.75. The second-order valence-corrected chi connectivity index (χ2v) is 8.43. The van der Waals surface area contributed by atoms with E-state index in [1.807, 2.05) is 36.2 Å². The number of benzene rings is 1. The molecule has 5 rings (SSSR count). The van der Waals surface area contributed by atoms with Crippen LogP contribution in [0.2, 0.25) is 0 Å². The molecule has 0 atom stereocenters. The molecule has 4 aliphatic carbocycles. The highest BCUT2D eigenvalue weighted by atomic mass is 16.2. The fourth-order valence-electron chi connectivity index (χ4n) is 5.84. The van der Waals surface area contributed by atoms with Gasteiger partial charge in [-0.3, -0.25) is 9.59 Å². The van der Waals surface area contributed by atoms with Gasteiger partial charge in [0.15, 0.2) is 0 Å². The molecule has 0 spiro atoms. The molecule has 1 aromatic rings. The molecule has 0 aromatic heterocycles. The first-order valence-corrected chi connectivity index (χ1v) is 9.61. The summed E-state index contributed by atoms with van der Waals surface area (Å²) >= 11 is 0. The van der Waals surface area contributed by atoms with Crippen LogP contribution in [-0.2, 0) is 11.3 Å². The Hall–Kier alpha value is -1.84. The molecule has 0 radical (unpaired) electrons. The van der Waals surface area contributed by atoms with Crippen LogP contribution in [0.25, 0.3) is 0 Å². The zero-order valence-electron chi connectivity index (χ0n) is 15.2. The molecule has 134 valence electrons. The van der Waals surface area contributed by atoms with Crippen LogP contribution in [-0.4, -0.2) is 30.8 Å². The van der Waals surface area contributed by atoms with Crippen LogP contribution in [0.15, 0.2) is 24.3 Å². The van der Waals surface area contributed by atoms with Gasteiger partial charge in [-0.2, -0.15) is 0 Å². The molecule has 1 N–H and O–H groups in total. The number of amides is 2. The second-order valence-electron chi connectivity index (χ2n) is 8.43. The average Bonchev–Trinajstić information content (AvgIpc) is 2.60. The lowest BCUT2D eigenvalue weighted by Crippen LogP contribution is -2.51. The fourth-order valence-corrected chi connectivity index (χ4v) is 5.84. The summed E-state index contributed by atoms with van der Waals surface area (Å²) in [6, 6.07) is 7.56. The maximum Gasteiger partial charge on any atom is 0.251 e. The summed E-state index contributed by atoms with van der Waals surface area (Å²) in [6.45, 7) is 0.621. The molecule has 4 fully saturated rings. The highest BCUT2D eigenvalue weighted by molar-refractivity contribution is 5.93. The van der Waals surface area contributed by atoms with Gasteiger partial charge in [0.2, 0.25) is 5.91 Å². The molecule has 2 amide bonds. The first kappa shape index (κ1) is 16.6. The highest BCUT2D eigenvalue weighted by Crippen LogP contribution is 2.56. The normalized spacial score (nSPS) is 32.5. The summed E-state index contributed by atoms with van der Waals surface area (Å²) < 4.78 is 0. The van der Waals surface area contributed by atoms with Crippen LogP contribution < -0.4 is 5.32 Å². The Balaban J connectivity index is 1.42. The van der Waals surface area contributed by atoms with Crippen molar-refractivity contribution < 1.29 is 9.59 Å². The highest BCUT2D eigenvalue weighted by Gasteiger charge is 2.51. The zero-order chi connectivity index (χ0) is 17.6. The number of hydrogen-bond acceptors (Lipinski definition) is 2. The molecule has 25 heavy (non-hydrogen) atoms. The molecule has 0 heterocycles. The van der Waals surface area contributed by atoms with E-state index in [1.54, 1.807) is 7.05 Å². The van der Waals surface area contributed by atoms with Crippen LogP contribution in [0.1, 0.15) is 48.0 Å². The molecule has 0 aliphatic heterocycles. The second kappa shape index (κ2) is 6.47. The van der Waals surface area contributed by atoms with Gasteiger partial charge in [0.1, 0.15) is 0 Å². The van der Waals surface area contributed by atoms with Crippen LogP contribution in [0.5, 0.6) is 0 Å². The summed E-state index contributed by atoms with van der Waals surface area (Å²) in [5.74, 6) is 3.56. The van der Waals surface area contributed by atoms with E-state index in [9.17, 15) is 9.59 Å². The molecule has 1 aromatic carbocycles. The van der Waals surface area contributed by atoms with Crippen molar-refractivity contribution in [1.82, 2.24) is 10.2 Å². The number of rotatable bonds is 4. The predicted molar refractivity (Wildman–Crippen MR) is 96.8 cm³/mol. The summed E-state index contributed by atoms with van der Waals surface area (Å²) in [7, 11) is 3.56. The lowest BCUT2D eigenvalue weighted by molar-refractivity contribution is -0.148. The zero-order valence-corrected chi connectivity index (χ0v) is 15.2. The number of hydrogen-bond donors (Lipinski definition) is 1. The molecular formula is C21H28N2O2. The van der Waals surface area contributed by atoms with Gasteiger partial charge in [-0.05, 0) is 73.5 Å². The van der Waals surface area contributed by atoms with Gasteiger partial charge in [-0.15, -0.1) is 0 Å². The quantitative estimate of drug-likeness (QED) is 0.916. The van der Waals surface area contributed by atoms with Gasteiger partial charge in [0, 0.05) is 32.1 Å². The Morgan fingerprint density at radius 2 is 1.56 bits per heavy atom. The molecule has 4 nitrogen and oxygen atoms in total. The Morgan fingerprint density at radius 1 is 1.00 bits per heavy atom. The maximum absolute atomic E-state index is 13.1. The van der Waals surface area contributed by atoms with Crippen molar-refractivity contribution in [3.05, 3.63) is 35.4 Å². The monoisotopic (exact) mass is 340 g/mol. The largest absolute Gasteiger partial charge is 0.355 e. The minimum absolute atomic E-state index is 0.0791. The Kier molecular flexibility index (Phi) is 4.30. The third kappa shape index (κ3) is 3.07. The van der Waals surface area contributed by atoms with Crippen molar-refractivity contribution in [3.8, 4) is 0 Å². The summed E-state index contributed by atoms with van der Waals surface area (Å²) in [6.07, 6.45) is 6.52. The van der Waals surface area contributed by atoms with Crippen molar-refractivity contribution >= 4 is 11.8 Å². The minimum Gasteiger partial charge on any atom is -0.355 e. The van der Waals surface area contributed by atoms with Crippen molar-refractivity contribution in [2.45, 2.75) is 38.6 Å². The third-order valence-corrected chi connectivity index (χ3v) is 6.75. The topological polar surface area (TPSA) is 49.4 Å². The van der Waals surface area contributed by atoms with Crippen LogP contribution >= 0.6 is 0 Å². The van der Waals surface area contributed by atoms with E-state index in [1.165, 1.54) is 32.1 Å². The molecule has 0 saturated heterocycles. The van der Waals surface area contributed by atoms with Crippen molar-refractivity contribution in [2.24, 2.45) is 29.6 Å². The minimum atomic E-state index is -0.0791. The smallest absolute Gasteiger partial charge is 0.251 e. The molecule has 4 bridgehead atoms. The average molecular weight is 340 g/mol. The van der Waals surface area contributed by atoms with E-state index in [0.717, 1.165) is 17.4 Å². The number of nitrogens with zero attached hydrogens (tertiary/aromatic N) is 1. The van der Waals surface area contributed by atoms with Gasteiger partial charge in [-0.1, -0.05) is 12.1 Å². The molecule has 0 unspecified atom stereocenters. The Bertz CT molecular complexity index is 639. The van der Waals surface area contributed by atoms with Crippen LogP contribution in [0.3, 0.4) is 0 Å². The number of carbonyl (C=O) groups excluding carboxylic acids is 2. The molecule has 4 aliphatic rings. The Labute approximate surface area is 150 Å². The lowest BCUT2D eigenvalue weighted by Gasteiger charge is -2.54. The lowest BCUT2D eigenvalue weighted by atomic mass is 9.51. The predicted octanol–water partition coefficient (Wildman–Crippen LogP) is 3.08. The van der Waals surface area contributed by atoms with Gasteiger partial charge < -0.3 is 10.2 Å². The van der Waals surface area contributed by atoms with Gasteiger partial charge in [-0.25, -0.2) is 0 Å². The summed E-state index contributed by atoms with van der Waals surface area (Å²) in [5.41, 5.74) is 1.73. The first-order valence-electron chi connectivity index (χ1n) is 9.61. The number of carbonyl (C=O) groups is 2. The molecular weight excluding hydrogens is 312 g/mol. The summed E-state index contributed by atoms with van der Waals surface area (Å²) in [5, 5.41) is 2.63. The van der Waals surface area contributed by atoms with Gasteiger partial charge in [0.25, 0.3) is 5.91 Å². The van der Waals surface area contributed by atoms with Crippen molar-refractivity contribution in [3.63, 3.8) is 0 Å². The standard InChI is InChI=1S/C21H28N2O2/c1-22-20(24)16-5-3-13(4-6-16)12-23(2)21(25)19-17-8-14-7-15(10-17)11-18(19)9-14/h3-6,14-15,17-19H,7-12H2,1-2H3,(H,22,24). The van der Waals surface area contributed by atoms with E-state index in [-0.39, 0.29) is 11.8 Å². The maximum atomic E-state index is 13.1. The number of nitrogens with one attached hydrogen (secondary N) is 1. The van der Waals surface area contributed by atoms with E-state index in [0.29, 0.717) is 29.9 Å². The Morgan fingerprint density at radius 3 is 2.08 bits per heavy atom. The van der Waals surface area contributed by atoms with E-state index in [2.05, 4.69) is 5.32 Å². The molecule has 4 saturated carbocycles. The van der Waals surface area contributed by atoms with E-state index in [4.69, 9.17) is 0 Å². The summed E-state index contributed by atoms with van der Waals surface area (Å²) in [4.78, 5) is 26.7.